The summed E-state index contributed by atoms with van der Waals surface area (Å²) in [4.78, 5) is 0. The zero-order chi connectivity index (χ0) is 19.2. The first-order valence-corrected chi connectivity index (χ1v) is 11.5. The number of benzene rings is 1. The summed E-state index contributed by atoms with van der Waals surface area (Å²) in [6.45, 7) is 6.89. The molecule has 0 atom stereocenters. The van der Waals surface area contributed by atoms with Gasteiger partial charge >= 0.3 is 0 Å². The number of nitrogens with zero attached hydrogens (tertiary/aromatic N) is 2. The molecule has 150 valence electrons. The van der Waals surface area contributed by atoms with Crippen molar-refractivity contribution in [1.29, 1.82) is 0 Å². The molecule has 1 aromatic heterocycles. The molecule has 0 fully saturated rings. The third-order valence-electron chi connectivity index (χ3n) is 5.62. The predicted octanol–water partition coefficient (Wildman–Crippen LogP) is 6.50. The molecular formula is C25H41N2+. The highest BCUT2D eigenvalue weighted by atomic mass is 15.1. The van der Waals surface area contributed by atoms with Crippen LogP contribution in [0.2, 0.25) is 0 Å². The lowest BCUT2D eigenvalue weighted by Gasteiger charge is -2.05. The van der Waals surface area contributed by atoms with Crippen molar-refractivity contribution in [1.82, 2.24) is 4.57 Å². The van der Waals surface area contributed by atoms with Gasteiger partial charge in [0.05, 0.1) is 13.1 Å². The molecule has 1 heterocycles. The number of unbranched alkanes of at least 4 members (excludes halogenated alkanes) is 8. The zero-order valence-corrected chi connectivity index (χ0v) is 17.8. The van der Waals surface area contributed by atoms with E-state index in [2.05, 4.69) is 65.7 Å². The van der Waals surface area contributed by atoms with Gasteiger partial charge in [-0.15, -0.1) is 0 Å². The number of hydrogen-bond donors (Lipinski definition) is 0. The zero-order valence-electron chi connectivity index (χ0n) is 17.8. The molecule has 0 aliphatic rings. The van der Waals surface area contributed by atoms with E-state index in [0.717, 1.165) is 13.0 Å². The third kappa shape index (κ3) is 8.32. The summed E-state index contributed by atoms with van der Waals surface area (Å²) in [5, 5.41) is 0. The van der Waals surface area contributed by atoms with Crippen LogP contribution < -0.4 is 4.57 Å². The Kier molecular flexibility index (Phi) is 10.9. The summed E-state index contributed by atoms with van der Waals surface area (Å²) in [5.41, 5.74) is 1.45. The second-order valence-corrected chi connectivity index (χ2v) is 7.87. The Labute approximate surface area is 167 Å². The molecule has 2 aromatic rings. The average molecular weight is 370 g/mol. The Bertz CT molecular complexity index is 600. The second kappa shape index (κ2) is 13.6. The Morgan fingerprint density at radius 3 is 2.11 bits per heavy atom. The van der Waals surface area contributed by atoms with Crippen molar-refractivity contribution < 1.29 is 4.57 Å². The lowest BCUT2D eigenvalue weighted by molar-refractivity contribution is -0.704. The molecule has 0 N–H and O–H groups in total. The second-order valence-electron chi connectivity index (χ2n) is 7.87. The third-order valence-corrected chi connectivity index (χ3v) is 5.62. The standard InChI is InChI=1S/C25H41N2/c1-3-5-6-7-8-9-10-11-15-20-26-22-23-27(25(26)4-2)21-16-19-24-17-13-12-14-18-24/h12-14,17-18,22-23H,3-11,15-16,19-21H2,1-2H3/q+1. The molecule has 27 heavy (non-hydrogen) atoms. The van der Waals surface area contributed by atoms with Gasteiger partial charge in [0.25, 0.3) is 5.82 Å². The fourth-order valence-electron chi connectivity index (χ4n) is 4.00. The van der Waals surface area contributed by atoms with E-state index in [1.807, 2.05) is 0 Å². The molecule has 2 heteroatoms. The van der Waals surface area contributed by atoms with Crippen LogP contribution in [0, 0.1) is 0 Å². The van der Waals surface area contributed by atoms with E-state index in [-0.39, 0.29) is 0 Å². The van der Waals surface area contributed by atoms with Gasteiger partial charge in [0, 0.05) is 6.42 Å². The van der Waals surface area contributed by atoms with Gasteiger partial charge in [-0.25, -0.2) is 9.13 Å². The van der Waals surface area contributed by atoms with Crippen LogP contribution in [0.3, 0.4) is 0 Å². The summed E-state index contributed by atoms with van der Waals surface area (Å²) < 4.78 is 4.96. The van der Waals surface area contributed by atoms with Gasteiger partial charge in [0.1, 0.15) is 12.4 Å². The first kappa shape index (κ1) is 21.7. The molecule has 2 nitrogen and oxygen atoms in total. The first-order chi connectivity index (χ1) is 13.3. The summed E-state index contributed by atoms with van der Waals surface area (Å²) in [5.74, 6) is 1.49. The molecule has 0 saturated heterocycles. The van der Waals surface area contributed by atoms with Gasteiger partial charge in [0.2, 0.25) is 0 Å². The summed E-state index contributed by atoms with van der Waals surface area (Å²) in [7, 11) is 0. The predicted molar refractivity (Wildman–Crippen MR) is 116 cm³/mol. The van der Waals surface area contributed by atoms with Gasteiger partial charge in [-0.2, -0.15) is 0 Å². The fraction of sp³-hybridized carbons (Fsp3) is 0.640. The smallest absolute Gasteiger partial charge is 0.234 e. The Balaban J connectivity index is 1.64. The van der Waals surface area contributed by atoms with Crippen LogP contribution in [0.4, 0.5) is 0 Å². The van der Waals surface area contributed by atoms with Gasteiger partial charge in [-0.1, -0.05) is 89.1 Å². The molecule has 0 unspecified atom stereocenters. The molecule has 1 aromatic carbocycles. The van der Waals surface area contributed by atoms with E-state index in [1.165, 1.54) is 88.6 Å². The van der Waals surface area contributed by atoms with Crippen LogP contribution in [0.1, 0.15) is 89.4 Å². The van der Waals surface area contributed by atoms with Crippen molar-refractivity contribution in [3.05, 3.63) is 54.1 Å². The fourth-order valence-corrected chi connectivity index (χ4v) is 4.00. The summed E-state index contributed by atoms with van der Waals surface area (Å²) in [6.07, 6.45) is 20.7. The van der Waals surface area contributed by atoms with E-state index in [4.69, 9.17) is 0 Å². The van der Waals surface area contributed by atoms with E-state index < -0.39 is 0 Å². The van der Waals surface area contributed by atoms with Crippen LogP contribution >= 0.6 is 0 Å². The highest BCUT2D eigenvalue weighted by Gasteiger charge is 2.14. The Hall–Kier alpha value is -1.57. The van der Waals surface area contributed by atoms with Crippen molar-refractivity contribution in [2.45, 2.75) is 104 Å². The number of hydrogen-bond acceptors (Lipinski definition) is 0. The van der Waals surface area contributed by atoms with Crippen molar-refractivity contribution >= 4 is 0 Å². The maximum Gasteiger partial charge on any atom is 0.256 e. The molecular weight excluding hydrogens is 328 g/mol. The van der Waals surface area contributed by atoms with Crippen LogP contribution in [-0.2, 0) is 25.9 Å². The number of rotatable bonds is 15. The Morgan fingerprint density at radius 2 is 1.44 bits per heavy atom. The van der Waals surface area contributed by atoms with Crippen molar-refractivity contribution in [2.75, 3.05) is 0 Å². The van der Waals surface area contributed by atoms with Gasteiger partial charge in [0.15, 0.2) is 0 Å². The van der Waals surface area contributed by atoms with Crippen molar-refractivity contribution in [2.24, 2.45) is 0 Å². The van der Waals surface area contributed by atoms with Crippen LogP contribution in [-0.4, -0.2) is 4.57 Å². The number of aryl methyl sites for hydroxylation is 3. The van der Waals surface area contributed by atoms with Crippen LogP contribution in [0.5, 0.6) is 0 Å². The molecule has 0 aliphatic heterocycles. The maximum atomic E-state index is 2.49. The molecule has 0 amide bonds. The lowest BCUT2D eigenvalue weighted by Crippen LogP contribution is -2.37. The highest BCUT2D eigenvalue weighted by Crippen LogP contribution is 2.11. The normalized spacial score (nSPS) is 11.2. The summed E-state index contributed by atoms with van der Waals surface area (Å²) >= 11 is 0. The van der Waals surface area contributed by atoms with Gasteiger partial charge in [-0.3, -0.25) is 0 Å². The molecule has 0 spiro atoms. The van der Waals surface area contributed by atoms with Crippen LogP contribution in [0.25, 0.3) is 0 Å². The van der Waals surface area contributed by atoms with E-state index in [1.54, 1.807) is 0 Å². The minimum absolute atomic E-state index is 1.12. The molecule has 0 bridgehead atoms. The van der Waals surface area contributed by atoms with E-state index >= 15 is 0 Å². The van der Waals surface area contributed by atoms with Gasteiger partial charge < -0.3 is 0 Å². The van der Waals surface area contributed by atoms with Crippen molar-refractivity contribution in [3.8, 4) is 0 Å². The van der Waals surface area contributed by atoms with Gasteiger partial charge in [-0.05, 0) is 31.2 Å². The molecule has 2 rings (SSSR count). The number of aromatic nitrogens is 2. The molecule has 0 aliphatic carbocycles. The maximum absolute atomic E-state index is 2.49. The quantitative estimate of drug-likeness (QED) is 0.250. The average Bonchev–Trinajstić information content (AvgIpc) is 3.09. The monoisotopic (exact) mass is 369 g/mol. The Morgan fingerprint density at radius 1 is 0.778 bits per heavy atom. The minimum Gasteiger partial charge on any atom is -0.234 e. The summed E-state index contributed by atoms with van der Waals surface area (Å²) in [6, 6.07) is 10.9. The lowest BCUT2D eigenvalue weighted by atomic mass is 10.1. The van der Waals surface area contributed by atoms with E-state index in [0.29, 0.717) is 0 Å². The van der Waals surface area contributed by atoms with Crippen LogP contribution in [0.15, 0.2) is 42.7 Å². The molecule has 0 saturated carbocycles. The topological polar surface area (TPSA) is 8.81 Å². The minimum atomic E-state index is 1.12. The largest absolute Gasteiger partial charge is 0.256 e. The highest BCUT2D eigenvalue weighted by molar-refractivity contribution is 5.14. The SMILES string of the molecule is CCCCCCCCCCCn1cc[n+](CCCc2ccccc2)c1CC. The molecule has 0 radical (unpaired) electrons. The first-order valence-electron chi connectivity index (χ1n) is 11.5. The van der Waals surface area contributed by atoms with E-state index in [9.17, 15) is 0 Å². The van der Waals surface area contributed by atoms with Crippen molar-refractivity contribution in [3.63, 3.8) is 0 Å². The number of imidazole rings is 1.